The summed E-state index contributed by atoms with van der Waals surface area (Å²) in [5.74, 6) is -0.355. The summed E-state index contributed by atoms with van der Waals surface area (Å²) >= 11 is 0. The van der Waals surface area contributed by atoms with E-state index >= 15 is 0 Å². The monoisotopic (exact) mass is 951 g/mol. The molecule has 1 atom stereocenters. The summed E-state index contributed by atoms with van der Waals surface area (Å²) in [6, 6.07) is 0. The average molecular weight is 952 g/mol. The summed E-state index contributed by atoms with van der Waals surface area (Å²) in [4.78, 5) is 25.3. The molecule has 0 amide bonds. The first-order valence-electron chi connectivity index (χ1n) is 29.8. The van der Waals surface area contributed by atoms with Crippen LogP contribution in [0.3, 0.4) is 0 Å². The van der Waals surface area contributed by atoms with Gasteiger partial charge in [-0.3, -0.25) is 9.59 Å². The Morgan fingerprint density at radius 3 is 0.941 bits per heavy atom. The Bertz CT molecular complexity index is 1170. The summed E-state index contributed by atoms with van der Waals surface area (Å²) in [6.07, 6.45) is 75.5. The van der Waals surface area contributed by atoms with Crippen LogP contribution in [0.2, 0.25) is 0 Å². The number of hydrogen-bond donors (Lipinski definition) is 0. The zero-order valence-corrected chi connectivity index (χ0v) is 45.6. The molecule has 0 fully saturated rings. The Morgan fingerprint density at radius 2 is 0.603 bits per heavy atom. The average Bonchev–Trinajstić information content (AvgIpc) is 3.34. The minimum absolute atomic E-state index is 0.143. The predicted octanol–water partition coefficient (Wildman–Crippen LogP) is 20.5. The molecule has 0 saturated heterocycles. The molecule has 0 aromatic rings. The molecule has 5 heteroatoms. The van der Waals surface area contributed by atoms with E-state index in [2.05, 4.69) is 81.5 Å². The zero-order chi connectivity index (χ0) is 49.2. The van der Waals surface area contributed by atoms with Crippen molar-refractivity contribution in [2.45, 2.75) is 309 Å². The van der Waals surface area contributed by atoms with Gasteiger partial charge in [0.1, 0.15) is 19.3 Å². The fraction of sp³-hybridized carbons (Fsp3) is 0.810. The molecule has 68 heavy (non-hydrogen) atoms. The van der Waals surface area contributed by atoms with Crippen molar-refractivity contribution in [1.82, 2.24) is 0 Å². The zero-order valence-electron chi connectivity index (χ0n) is 45.6. The number of rotatable bonds is 55. The van der Waals surface area contributed by atoms with Gasteiger partial charge in [0.15, 0.2) is 0 Å². The molecular weight excluding hydrogens is 837 g/mol. The van der Waals surface area contributed by atoms with Gasteiger partial charge >= 0.3 is 11.9 Å². The molecule has 0 heterocycles. The summed E-state index contributed by atoms with van der Waals surface area (Å²) in [5, 5.41) is 0. The van der Waals surface area contributed by atoms with Crippen molar-refractivity contribution in [2.24, 2.45) is 0 Å². The molecule has 0 saturated carbocycles. The van der Waals surface area contributed by atoms with E-state index in [0.717, 1.165) is 83.5 Å². The molecule has 0 aliphatic carbocycles. The number of allylic oxidation sites excluding steroid dienone is 10. The Balaban J connectivity index is 4.29. The maximum absolute atomic E-state index is 12.7. The highest BCUT2D eigenvalue weighted by atomic mass is 16.6. The van der Waals surface area contributed by atoms with Crippen molar-refractivity contribution in [2.75, 3.05) is 19.8 Å². The van der Waals surface area contributed by atoms with Crippen LogP contribution in [0.25, 0.3) is 0 Å². The summed E-state index contributed by atoms with van der Waals surface area (Å²) in [7, 11) is 0. The van der Waals surface area contributed by atoms with E-state index in [1.807, 2.05) is 0 Å². The third-order valence-corrected chi connectivity index (χ3v) is 13.1. The molecule has 0 aliphatic rings. The molecule has 0 aromatic heterocycles. The lowest BCUT2D eigenvalue weighted by molar-refractivity contribution is -0.155. The fourth-order valence-corrected chi connectivity index (χ4v) is 8.63. The third kappa shape index (κ3) is 56.2. The van der Waals surface area contributed by atoms with Crippen molar-refractivity contribution >= 4 is 11.9 Å². The van der Waals surface area contributed by atoms with Gasteiger partial charge in [-0.05, 0) is 64.2 Å². The minimum Gasteiger partial charge on any atom is -0.463 e. The minimum atomic E-state index is -0.412. The Labute approximate surface area is 424 Å². The van der Waals surface area contributed by atoms with E-state index in [4.69, 9.17) is 14.2 Å². The van der Waals surface area contributed by atoms with Crippen LogP contribution in [0.5, 0.6) is 0 Å². The normalized spacial score (nSPS) is 12.6. The molecule has 396 valence electrons. The molecular formula is C63H114O5. The Hall–Kier alpha value is -2.40. The van der Waals surface area contributed by atoms with E-state index < -0.39 is 6.10 Å². The van der Waals surface area contributed by atoms with E-state index in [9.17, 15) is 9.59 Å². The van der Waals surface area contributed by atoms with Gasteiger partial charge in [-0.2, -0.15) is 0 Å². The quantitative estimate of drug-likeness (QED) is 0.0345. The summed E-state index contributed by atoms with van der Waals surface area (Å²) in [5.41, 5.74) is 0. The van der Waals surface area contributed by atoms with Crippen molar-refractivity contribution in [1.29, 1.82) is 0 Å². The lowest BCUT2D eigenvalue weighted by Gasteiger charge is -2.18. The molecule has 0 unspecified atom stereocenters. The first-order valence-corrected chi connectivity index (χ1v) is 29.8. The van der Waals surface area contributed by atoms with Crippen LogP contribution in [-0.2, 0) is 23.8 Å². The van der Waals surface area contributed by atoms with Gasteiger partial charge in [0.05, 0.1) is 0 Å². The summed E-state index contributed by atoms with van der Waals surface area (Å²) in [6.45, 7) is 7.63. The van der Waals surface area contributed by atoms with Gasteiger partial charge in [0.25, 0.3) is 0 Å². The number of esters is 2. The maximum atomic E-state index is 12.7. The number of unbranched alkanes of at least 4 members (excludes halogenated alkanes) is 34. The van der Waals surface area contributed by atoms with Crippen LogP contribution in [0.15, 0.2) is 60.8 Å². The van der Waals surface area contributed by atoms with Gasteiger partial charge in [-0.25, -0.2) is 0 Å². The van der Waals surface area contributed by atoms with E-state index in [1.54, 1.807) is 0 Å². The van der Waals surface area contributed by atoms with Crippen LogP contribution < -0.4 is 0 Å². The van der Waals surface area contributed by atoms with Crippen molar-refractivity contribution in [3.8, 4) is 0 Å². The van der Waals surface area contributed by atoms with Crippen LogP contribution in [0.4, 0.5) is 0 Å². The number of carbonyl (C=O) groups is 2. The molecule has 0 rings (SSSR count). The van der Waals surface area contributed by atoms with Crippen LogP contribution in [0, 0.1) is 0 Å². The highest BCUT2D eigenvalue weighted by Crippen LogP contribution is 2.17. The van der Waals surface area contributed by atoms with Gasteiger partial charge < -0.3 is 14.2 Å². The number of ether oxygens (including phenoxy) is 3. The van der Waals surface area contributed by atoms with Crippen molar-refractivity contribution < 1.29 is 23.8 Å². The molecule has 5 nitrogen and oxygen atoms in total. The topological polar surface area (TPSA) is 61.8 Å². The Kier molecular flexibility index (Phi) is 56.8. The van der Waals surface area contributed by atoms with Gasteiger partial charge in [-0.1, -0.05) is 287 Å². The molecule has 0 aromatic carbocycles. The van der Waals surface area contributed by atoms with Crippen molar-refractivity contribution in [3.63, 3.8) is 0 Å². The molecule has 0 bridgehead atoms. The van der Waals surface area contributed by atoms with Crippen LogP contribution in [-0.4, -0.2) is 37.9 Å². The SMILES string of the molecule is CC/C=C\C/C=C\C/C=C\C/C=C\C/C=C\CCCCCC(=O)OC[C@H](COC(=O)CCCCCCCCCCCCCCCCCCC)OCCCCCCCCCCCCCCCCCC. The number of carbonyl (C=O) groups excluding carboxylic acids is 2. The van der Waals surface area contributed by atoms with Crippen LogP contribution in [0.1, 0.15) is 303 Å². The first-order chi connectivity index (χ1) is 33.6. The lowest BCUT2D eigenvalue weighted by Crippen LogP contribution is -2.29. The predicted molar refractivity (Wildman–Crippen MR) is 298 cm³/mol. The maximum Gasteiger partial charge on any atom is 0.305 e. The summed E-state index contributed by atoms with van der Waals surface area (Å²) < 4.78 is 17.5. The second kappa shape index (κ2) is 58.9. The van der Waals surface area contributed by atoms with Crippen molar-refractivity contribution in [3.05, 3.63) is 60.8 Å². The van der Waals surface area contributed by atoms with Gasteiger partial charge in [0, 0.05) is 19.4 Å². The highest BCUT2D eigenvalue weighted by Gasteiger charge is 2.16. The largest absolute Gasteiger partial charge is 0.463 e. The van der Waals surface area contributed by atoms with E-state index in [-0.39, 0.29) is 25.2 Å². The fourth-order valence-electron chi connectivity index (χ4n) is 8.63. The highest BCUT2D eigenvalue weighted by molar-refractivity contribution is 5.69. The number of hydrogen-bond acceptors (Lipinski definition) is 5. The smallest absolute Gasteiger partial charge is 0.305 e. The first kappa shape index (κ1) is 65.6. The van der Waals surface area contributed by atoms with Gasteiger partial charge in [0.2, 0.25) is 0 Å². The van der Waals surface area contributed by atoms with E-state index in [0.29, 0.717) is 19.4 Å². The molecule has 0 radical (unpaired) electrons. The van der Waals surface area contributed by atoms with Gasteiger partial charge in [-0.15, -0.1) is 0 Å². The van der Waals surface area contributed by atoms with E-state index in [1.165, 1.54) is 186 Å². The lowest BCUT2D eigenvalue weighted by atomic mass is 10.0. The second-order valence-corrected chi connectivity index (χ2v) is 19.9. The molecule has 0 aliphatic heterocycles. The molecule has 0 N–H and O–H groups in total. The van der Waals surface area contributed by atoms with Crippen LogP contribution >= 0.6 is 0 Å². The Morgan fingerprint density at radius 1 is 0.324 bits per heavy atom. The molecule has 0 spiro atoms. The third-order valence-electron chi connectivity index (χ3n) is 13.1. The standard InChI is InChI=1S/C63H114O5/c1-4-7-10-13-16-19-22-25-28-31-32-34-36-39-42-45-48-51-54-57-63(65)68-60-61(66-58-55-52-49-46-43-40-37-30-27-24-21-18-15-12-9-6-3)59-67-62(64)56-53-50-47-44-41-38-35-33-29-26-23-20-17-14-11-8-5-2/h7,10,16,19,25,28,32,34,39,42,61H,4-6,8-9,11-15,17-18,20-24,26-27,29-31,33,35-38,40-41,43-60H2,1-3H3/b10-7-,19-16-,28-25-,34-32-,42-39-/t61-/m0/s1. The second-order valence-electron chi connectivity index (χ2n) is 19.9.